The molecule has 2 rings (SSSR count). The highest BCUT2D eigenvalue weighted by molar-refractivity contribution is 5.94. The second-order valence-corrected chi connectivity index (χ2v) is 4.38. The maximum Gasteiger partial charge on any atom is 0.339 e. The predicted molar refractivity (Wildman–Crippen MR) is 70.6 cm³/mol. The minimum atomic E-state index is -0.913. The summed E-state index contributed by atoms with van der Waals surface area (Å²) in [7, 11) is 0. The number of unbranched alkanes of at least 4 members (excludes halogenated alkanes) is 1. The van der Waals surface area contributed by atoms with E-state index in [2.05, 4.69) is 21.5 Å². The van der Waals surface area contributed by atoms with E-state index in [0.717, 1.165) is 12.8 Å². The van der Waals surface area contributed by atoms with Crippen LogP contribution in [0, 0.1) is 6.07 Å². The summed E-state index contributed by atoms with van der Waals surface area (Å²) < 4.78 is 5.12. The third-order valence-corrected chi connectivity index (χ3v) is 2.85. The van der Waals surface area contributed by atoms with E-state index >= 15 is 0 Å². The number of aromatic nitrogens is 3. The Morgan fingerprint density at radius 3 is 3.00 bits per heavy atom. The molecule has 3 N–H and O–H groups in total. The smallest absolute Gasteiger partial charge is 0.339 e. The highest BCUT2D eigenvalue weighted by Crippen LogP contribution is 2.13. The normalized spacial score (nSPS) is 12.2. The number of esters is 1. The number of primary amides is 1. The molecule has 105 valence electrons. The van der Waals surface area contributed by atoms with Crippen LogP contribution in [0.15, 0.2) is 12.1 Å². The molecule has 0 bridgehead atoms. The number of nitrogens with zero attached hydrogens (tertiary/aromatic N) is 2. The summed E-state index contributed by atoms with van der Waals surface area (Å²) in [5, 5.41) is 10.0. The van der Waals surface area contributed by atoms with Crippen LogP contribution in [-0.2, 0) is 9.53 Å². The minimum absolute atomic E-state index is 0.189. The van der Waals surface area contributed by atoms with Gasteiger partial charge in [0.2, 0.25) is 0 Å². The van der Waals surface area contributed by atoms with Crippen LogP contribution in [0.1, 0.15) is 36.5 Å². The van der Waals surface area contributed by atoms with E-state index in [1.807, 2.05) is 6.92 Å². The second kappa shape index (κ2) is 6.14. The molecule has 1 aromatic carbocycles. The number of amides is 1. The highest BCUT2D eigenvalue weighted by Gasteiger charge is 2.21. The third-order valence-electron chi connectivity index (χ3n) is 2.85. The summed E-state index contributed by atoms with van der Waals surface area (Å²) in [5.74, 6) is -1.29. The summed E-state index contributed by atoms with van der Waals surface area (Å²) in [6, 6.07) is 5.95. The number of carbonyl (C=O) groups excluding carboxylic acids is 2. The van der Waals surface area contributed by atoms with E-state index in [0.29, 0.717) is 17.5 Å². The lowest BCUT2D eigenvalue weighted by Gasteiger charge is -2.14. The summed E-state index contributed by atoms with van der Waals surface area (Å²) >= 11 is 0. The number of hydrogen-bond acceptors (Lipinski definition) is 5. The van der Waals surface area contributed by atoms with Crippen molar-refractivity contribution in [2.45, 2.75) is 32.3 Å². The number of nitrogens with two attached hydrogens (primary N) is 1. The van der Waals surface area contributed by atoms with Crippen LogP contribution < -0.4 is 5.73 Å². The molecule has 0 fully saturated rings. The number of carbonyl (C=O) groups is 2. The molecule has 20 heavy (non-hydrogen) atoms. The average Bonchev–Trinajstić information content (AvgIpc) is 2.90. The van der Waals surface area contributed by atoms with Gasteiger partial charge in [0.1, 0.15) is 5.52 Å². The van der Waals surface area contributed by atoms with Gasteiger partial charge in [0.15, 0.2) is 6.10 Å². The maximum atomic E-state index is 12.0. The lowest BCUT2D eigenvalue weighted by atomic mass is 10.1. The Labute approximate surface area is 115 Å². The van der Waals surface area contributed by atoms with Crippen LogP contribution in [0.25, 0.3) is 11.0 Å². The molecule has 1 heterocycles. The van der Waals surface area contributed by atoms with Crippen molar-refractivity contribution in [3.05, 3.63) is 23.8 Å². The van der Waals surface area contributed by atoms with Gasteiger partial charge >= 0.3 is 5.97 Å². The van der Waals surface area contributed by atoms with Crippen LogP contribution in [0.5, 0.6) is 0 Å². The lowest BCUT2D eigenvalue weighted by molar-refractivity contribution is -0.127. The van der Waals surface area contributed by atoms with Crippen LogP contribution in [0.4, 0.5) is 0 Å². The van der Waals surface area contributed by atoms with Gasteiger partial charge < -0.3 is 10.5 Å². The fourth-order valence-corrected chi connectivity index (χ4v) is 1.74. The molecule has 0 spiro atoms. The fraction of sp³-hybridized carbons (Fsp3) is 0.385. The van der Waals surface area contributed by atoms with E-state index in [-0.39, 0.29) is 5.56 Å². The van der Waals surface area contributed by atoms with Crippen LogP contribution in [0.3, 0.4) is 0 Å². The van der Waals surface area contributed by atoms with Crippen molar-refractivity contribution in [2.75, 3.05) is 0 Å². The molecule has 2 aromatic rings. The first-order valence-electron chi connectivity index (χ1n) is 6.35. The van der Waals surface area contributed by atoms with Crippen molar-refractivity contribution in [1.82, 2.24) is 15.4 Å². The van der Waals surface area contributed by atoms with Gasteiger partial charge in [0.05, 0.1) is 11.1 Å². The first-order valence-corrected chi connectivity index (χ1v) is 6.35. The zero-order valence-corrected chi connectivity index (χ0v) is 11.0. The van der Waals surface area contributed by atoms with E-state index in [1.165, 1.54) is 6.07 Å². The van der Waals surface area contributed by atoms with Gasteiger partial charge in [-0.15, -0.1) is 5.10 Å². The van der Waals surface area contributed by atoms with Gasteiger partial charge in [-0.1, -0.05) is 18.6 Å². The van der Waals surface area contributed by atoms with E-state index in [1.54, 1.807) is 6.07 Å². The molecule has 0 saturated heterocycles. The van der Waals surface area contributed by atoms with Crippen molar-refractivity contribution < 1.29 is 14.3 Å². The van der Waals surface area contributed by atoms with Crippen molar-refractivity contribution in [3.8, 4) is 0 Å². The molecule has 1 aromatic heterocycles. The largest absolute Gasteiger partial charge is 0.449 e. The second-order valence-electron chi connectivity index (χ2n) is 4.38. The number of H-pyrrole nitrogens is 1. The number of aromatic amines is 1. The number of nitrogens with one attached hydrogen (secondary N) is 1. The fourth-order valence-electron chi connectivity index (χ4n) is 1.74. The van der Waals surface area contributed by atoms with E-state index in [9.17, 15) is 9.59 Å². The van der Waals surface area contributed by atoms with Crippen molar-refractivity contribution >= 4 is 22.9 Å². The average molecular weight is 275 g/mol. The standard InChI is InChI=1S/C13H15N4O3/c1-2-3-4-11(12(14)18)20-13(19)8-5-6-9-10(7-8)16-17-15-9/h5-6,11H,2-4H2,1H3,(H2,14,18)(H,15,16,17). The lowest BCUT2D eigenvalue weighted by Crippen LogP contribution is -2.33. The Bertz CT molecular complexity index is 623. The van der Waals surface area contributed by atoms with Crippen LogP contribution in [0.2, 0.25) is 0 Å². The Morgan fingerprint density at radius 2 is 2.30 bits per heavy atom. The van der Waals surface area contributed by atoms with Gasteiger partial charge in [-0.05, 0) is 25.0 Å². The molecule has 1 atom stereocenters. The van der Waals surface area contributed by atoms with Gasteiger partial charge in [-0.2, -0.15) is 0 Å². The number of benzene rings is 1. The van der Waals surface area contributed by atoms with Gasteiger partial charge in [-0.25, -0.2) is 4.79 Å². The zero-order valence-electron chi connectivity index (χ0n) is 11.0. The molecular formula is C13H15N4O3. The molecule has 1 amide bonds. The number of ether oxygens (including phenoxy) is 1. The van der Waals surface area contributed by atoms with Crippen molar-refractivity contribution in [1.29, 1.82) is 0 Å². The minimum Gasteiger partial charge on any atom is -0.449 e. The number of rotatable bonds is 6. The first-order chi connectivity index (χ1) is 9.61. The highest BCUT2D eigenvalue weighted by atomic mass is 16.5. The Hall–Kier alpha value is -2.44. The van der Waals surface area contributed by atoms with E-state index in [4.69, 9.17) is 10.5 Å². The summed E-state index contributed by atoms with van der Waals surface area (Å²) in [6.45, 7) is 1.98. The third kappa shape index (κ3) is 3.11. The predicted octanol–water partition coefficient (Wildman–Crippen LogP) is 0.959. The molecule has 0 aliphatic heterocycles. The zero-order chi connectivity index (χ0) is 14.5. The van der Waals surface area contributed by atoms with Crippen molar-refractivity contribution in [3.63, 3.8) is 0 Å². The summed E-state index contributed by atoms with van der Waals surface area (Å²) in [4.78, 5) is 23.2. The molecule has 1 radical (unpaired) electrons. The monoisotopic (exact) mass is 275 g/mol. The van der Waals surface area contributed by atoms with Crippen LogP contribution in [-0.4, -0.2) is 33.4 Å². The number of hydrogen-bond donors (Lipinski definition) is 2. The molecule has 0 aliphatic rings. The molecule has 1 unspecified atom stereocenters. The molecule has 7 heteroatoms. The topological polar surface area (TPSA) is 111 Å². The van der Waals surface area contributed by atoms with Crippen molar-refractivity contribution in [2.24, 2.45) is 5.73 Å². The molecule has 7 nitrogen and oxygen atoms in total. The van der Waals surface area contributed by atoms with Crippen LogP contribution >= 0.6 is 0 Å². The van der Waals surface area contributed by atoms with Gasteiger partial charge in [0, 0.05) is 6.07 Å². The summed E-state index contributed by atoms with van der Waals surface area (Å²) in [6.07, 6.45) is 1.15. The van der Waals surface area contributed by atoms with E-state index < -0.39 is 18.0 Å². The quantitative estimate of drug-likeness (QED) is 0.763. The van der Waals surface area contributed by atoms with Gasteiger partial charge in [-0.3, -0.25) is 9.89 Å². The summed E-state index contributed by atoms with van der Waals surface area (Å²) in [5.41, 5.74) is 6.51. The molecule has 0 aliphatic carbocycles. The Balaban J connectivity index is 2.10. The SMILES string of the molecule is CCCCC(OC(=O)c1[c]c2nn[nH]c2cc1)C(N)=O. The first kappa shape index (κ1) is 14.0. The molecule has 0 saturated carbocycles. The Morgan fingerprint density at radius 1 is 1.50 bits per heavy atom. The number of fused-ring (bicyclic) bond motifs is 1. The Kier molecular flexibility index (Phi) is 4.29. The molecular weight excluding hydrogens is 260 g/mol. The van der Waals surface area contributed by atoms with Gasteiger partial charge in [0.25, 0.3) is 5.91 Å². The maximum absolute atomic E-state index is 12.0.